The summed E-state index contributed by atoms with van der Waals surface area (Å²) in [4.78, 5) is 17.4. The summed E-state index contributed by atoms with van der Waals surface area (Å²) in [6.45, 7) is 2.76. The zero-order chi connectivity index (χ0) is 20.9. The van der Waals surface area contributed by atoms with Gasteiger partial charge in [0.05, 0.1) is 25.1 Å². The number of rotatable bonds is 6. The number of hydrogen-bond donors (Lipinski definition) is 1. The van der Waals surface area contributed by atoms with E-state index in [1.165, 1.54) is 0 Å². The average Bonchev–Trinajstić information content (AvgIpc) is 3.27. The number of nitrogens with zero attached hydrogens (tertiary/aromatic N) is 1. The molecule has 2 heterocycles. The van der Waals surface area contributed by atoms with Crippen LogP contribution in [0, 0.1) is 0 Å². The molecule has 0 fully saturated rings. The molecular weight excluding hydrogens is 404 g/mol. The topological polar surface area (TPSA) is 77.0 Å². The number of benzene rings is 2. The lowest BCUT2D eigenvalue weighted by Crippen LogP contribution is -2.28. The van der Waals surface area contributed by atoms with Crippen molar-refractivity contribution in [1.29, 1.82) is 0 Å². The molecule has 0 radical (unpaired) electrons. The molecule has 0 atom stereocenters. The molecule has 0 aliphatic carbocycles. The van der Waals surface area contributed by atoms with Crippen molar-refractivity contribution >= 4 is 34.2 Å². The number of amides is 1. The van der Waals surface area contributed by atoms with E-state index in [1.807, 2.05) is 19.1 Å². The van der Waals surface area contributed by atoms with E-state index in [2.05, 4.69) is 10.3 Å². The summed E-state index contributed by atoms with van der Waals surface area (Å²) >= 11 is 6.10. The molecule has 0 unspecified atom stereocenters. The summed E-state index contributed by atoms with van der Waals surface area (Å²) in [7, 11) is 0. The first-order valence-electron chi connectivity index (χ1n) is 9.44. The minimum Gasteiger partial charge on any atom is -0.494 e. The fourth-order valence-electron chi connectivity index (χ4n) is 2.92. The van der Waals surface area contributed by atoms with Gasteiger partial charge >= 0.3 is 0 Å². The molecule has 30 heavy (non-hydrogen) atoms. The van der Waals surface area contributed by atoms with Crippen molar-refractivity contribution < 1.29 is 18.4 Å². The van der Waals surface area contributed by atoms with Gasteiger partial charge in [-0.15, -0.1) is 0 Å². The Morgan fingerprint density at radius 2 is 1.97 bits per heavy atom. The fraction of sp³-hybridized carbons (Fsp3) is 0.130. The summed E-state index contributed by atoms with van der Waals surface area (Å²) in [5.74, 6) is 1.06. The van der Waals surface area contributed by atoms with Crippen LogP contribution in [0.25, 0.3) is 11.0 Å². The summed E-state index contributed by atoms with van der Waals surface area (Å²) in [6, 6.07) is 17.7. The van der Waals surface area contributed by atoms with E-state index >= 15 is 0 Å². The average molecular weight is 423 g/mol. The number of nitrogens with one attached hydrogen (secondary N) is 1. The van der Waals surface area contributed by atoms with Crippen LogP contribution >= 0.6 is 11.6 Å². The van der Waals surface area contributed by atoms with Gasteiger partial charge in [0.2, 0.25) is 5.55 Å². The number of halogens is 1. The van der Waals surface area contributed by atoms with Gasteiger partial charge in [-0.1, -0.05) is 11.6 Å². The third-order valence-corrected chi connectivity index (χ3v) is 4.57. The molecule has 0 aliphatic heterocycles. The quantitative estimate of drug-likeness (QED) is 0.461. The molecule has 0 saturated carbocycles. The van der Waals surface area contributed by atoms with Crippen LogP contribution in [-0.2, 0) is 6.54 Å². The second kappa shape index (κ2) is 8.88. The molecule has 6 nitrogen and oxygen atoms in total. The van der Waals surface area contributed by atoms with Crippen LogP contribution in [-0.4, -0.2) is 12.5 Å². The maximum absolute atomic E-state index is 12.9. The maximum Gasteiger partial charge on any atom is 0.257 e. The molecule has 1 amide bonds. The summed E-state index contributed by atoms with van der Waals surface area (Å²) in [5.41, 5.74) is 1.71. The Morgan fingerprint density at radius 1 is 1.13 bits per heavy atom. The second-order valence-electron chi connectivity index (χ2n) is 6.45. The minimum absolute atomic E-state index is 0.200. The third kappa shape index (κ3) is 4.55. The Morgan fingerprint density at radius 3 is 2.70 bits per heavy atom. The van der Waals surface area contributed by atoms with E-state index in [0.29, 0.717) is 39.6 Å². The predicted octanol–water partition coefficient (Wildman–Crippen LogP) is 5.24. The fourth-order valence-corrected chi connectivity index (χ4v) is 3.10. The first-order valence-corrected chi connectivity index (χ1v) is 9.82. The van der Waals surface area contributed by atoms with Gasteiger partial charge in [-0.3, -0.25) is 4.79 Å². The van der Waals surface area contributed by atoms with Gasteiger partial charge in [-0.25, -0.2) is 4.99 Å². The first kappa shape index (κ1) is 19.8. The van der Waals surface area contributed by atoms with Gasteiger partial charge in [0, 0.05) is 10.4 Å². The number of furan rings is 1. The second-order valence-corrected chi connectivity index (χ2v) is 6.88. The van der Waals surface area contributed by atoms with Gasteiger partial charge in [0.1, 0.15) is 22.7 Å². The van der Waals surface area contributed by atoms with Crippen molar-refractivity contribution in [2.24, 2.45) is 4.99 Å². The molecule has 0 bridgehead atoms. The molecule has 2 aromatic carbocycles. The zero-order valence-electron chi connectivity index (χ0n) is 16.2. The lowest BCUT2D eigenvalue weighted by atomic mass is 10.1. The molecule has 152 valence electrons. The van der Waals surface area contributed by atoms with Crippen LogP contribution in [0.5, 0.6) is 5.75 Å². The van der Waals surface area contributed by atoms with E-state index in [1.54, 1.807) is 54.8 Å². The minimum atomic E-state index is -0.332. The molecule has 0 saturated heterocycles. The predicted molar refractivity (Wildman–Crippen MR) is 114 cm³/mol. The van der Waals surface area contributed by atoms with Crippen molar-refractivity contribution in [3.63, 3.8) is 0 Å². The zero-order valence-corrected chi connectivity index (χ0v) is 17.0. The standard InChI is InChI=1S/C23H19ClN2O4/c1-2-28-18-8-6-17(7-9-18)26-23-20(22(27)25-14-19-4-3-11-29-19)13-15-12-16(24)5-10-21(15)30-23/h3-13H,2,14H2,1H3,(H,25,27). The molecular formula is C23H19ClN2O4. The van der Waals surface area contributed by atoms with Gasteiger partial charge in [0.25, 0.3) is 5.91 Å². The summed E-state index contributed by atoms with van der Waals surface area (Å²) < 4.78 is 16.7. The van der Waals surface area contributed by atoms with Crippen LogP contribution in [0.3, 0.4) is 0 Å². The number of fused-ring (bicyclic) bond motifs is 1. The third-order valence-electron chi connectivity index (χ3n) is 4.33. The first-order chi connectivity index (χ1) is 14.6. The van der Waals surface area contributed by atoms with Crippen LogP contribution in [0.2, 0.25) is 5.02 Å². The Hall–Kier alpha value is -3.51. The van der Waals surface area contributed by atoms with Crippen molar-refractivity contribution in [2.75, 3.05) is 6.61 Å². The van der Waals surface area contributed by atoms with Gasteiger partial charge < -0.3 is 18.9 Å². The molecule has 2 aromatic heterocycles. The van der Waals surface area contributed by atoms with Crippen molar-refractivity contribution in [1.82, 2.24) is 5.32 Å². The van der Waals surface area contributed by atoms with Gasteiger partial charge in [-0.05, 0) is 67.6 Å². The number of carbonyl (C=O) groups is 1. The monoisotopic (exact) mass is 422 g/mol. The Labute approximate surface area is 177 Å². The summed E-state index contributed by atoms with van der Waals surface area (Å²) in [6.07, 6.45) is 1.56. The van der Waals surface area contributed by atoms with Gasteiger partial charge in [0.15, 0.2) is 0 Å². The Balaban J connectivity index is 1.74. The molecule has 7 heteroatoms. The molecule has 4 aromatic rings. The number of carbonyl (C=O) groups excluding carboxylic acids is 1. The van der Waals surface area contributed by atoms with Gasteiger partial charge in [-0.2, -0.15) is 0 Å². The van der Waals surface area contributed by atoms with Crippen molar-refractivity contribution in [2.45, 2.75) is 13.5 Å². The molecule has 1 N–H and O–H groups in total. The van der Waals surface area contributed by atoms with E-state index in [4.69, 9.17) is 25.2 Å². The normalized spacial score (nSPS) is 11.6. The van der Waals surface area contributed by atoms with Crippen LogP contribution < -0.4 is 15.6 Å². The van der Waals surface area contributed by atoms with E-state index in [0.717, 1.165) is 5.75 Å². The Kier molecular flexibility index (Phi) is 5.86. The number of hydrogen-bond acceptors (Lipinski definition) is 5. The Bertz CT molecular complexity index is 1230. The highest BCUT2D eigenvalue weighted by Crippen LogP contribution is 2.21. The van der Waals surface area contributed by atoms with Crippen molar-refractivity contribution in [3.05, 3.63) is 88.8 Å². The molecule has 0 aliphatic rings. The lowest BCUT2D eigenvalue weighted by Gasteiger charge is -2.07. The SMILES string of the molecule is CCOc1ccc(N=c2oc3ccc(Cl)cc3cc2C(=O)NCc2ccco2)cc1. The van der Waals surface area contributed by atoms with Crippen LogP contribution in [0.15, 0.2) is 80.8 Å². The highest BCUT2D eigenvalue weighted by Gasteiger charge is 2.13. The van der Waals surface area contributed by atoms with Crippen LogP contribution in [0.4, 0.5) is 5.69 Å². The van der Waals surface area contributed by atoms with E-state index in [9.17, 15) is 4.79 Å². The van der Waals surface area contributed by atoms with E-state index in [-0.39, 0.29) is 18.0 Å². The largest absolute Gasteiger partial charge is 0.494 e. The number of ether oxygens (including phenoxy) is 1. The summed E-state index contributed by atoms with van der Waals surface area (Å²) in [5, 5.41) is 4.08. The van der Waals surface area contributed by atoms with Crippen LogP contribution in [0.1, 0.15) is 23.0 Å². The highest BCUT2D eigenvalue weighted by atomic mass is 35.5. The lowest BCUT2D eigenvalue weighted by molar-refractivity contribution is 0.0944. The van der Waals surface area contributed by atoms with E-state index < -0.39 is 0 Å². The maximum atomic E-state index is 12.9. The molecule has 4 rings (SSSR count). The van der Waals surface area contributed by atoms with Crippen molar-refractivity contribution in [3.8, 4) is 5.75 Å². The highest BCUT2D eigenvalue weighted by molar-refractivity contribution is 6.31. The smallest absolute Gasteiger partial charge is 0.257 e. The molecule has 0 spiro atoms.